The van der Waals surface area contributed by atoms with Crippen LogP contribution in [-0.2, 0) is 4.79 Å². The molecule has 0 aromatic heterocycles. The summed E-state index contributed by atoms with van der Waals surface area (Å²) in [7, 11) is 0. The Labute approximate surface area is 174 Å². The molecule has 28 heavy (non-hydrogen) atoms. The van der Waals surface area contributed by atoms with E-state index >= 15 is 0 Å². The number of nitrogens with one attached hydrogen (secondary N) is 1. The second-order valence-electron chi connectivity index (χ2n) is 8.06. The van der Waals surface area contributed by atoms with E-state index in [-0.39, 0.29) is 11.9 Å². The van der Waals surface area contributed by atoms with Crippen molar-refractivity contribution in [2.75, 3.05) is 13.1 Å². The molecular weight excluding hydrogens is 348 g/mol. The van der Waals surface area contributed by atoms with Gasteiger partial charge in [0.05, 0.1) is 0 Å². The molecule has 5 N–H and O–H groups in total. The zero-order valence-corrected chi connectivity index (χ0v) is 18.7. The van der Waals surface area contributed by atoms with E-state index in [1.54, 1.807) is 0 Å². The van der Waals surface area contributed by atoms with Crippen molar-refractivity contribution in [3.8, 4) is 0 Å². The summed E-state index contributed by atoms with van der Waals surface area (Å²) in [5.41, 5.74) is 10.5. The van der Waals surface area contributed by atoms with Crippen molar-refractivity contribution in [2.24, 2.45) is 16.5 Å². The van der Waals surface area contributed by atoms with Crippen LogP contribution in [0.5, 0.6) is 0 Å². The maximum Gasteiger partial charge on any atom is 0.219 e. The number of carbonyl (C=O) groups excluding carboxylic acids is 1. The summed E-state index contributed by atoms with van der Waals surface area (Å²) in [6.45, 7) is 3.69. The van der Waals surface area contributed by atoms with Crippen molar-refractivity contribution >= 4 is 11.9 Å². The van der Waals surface area contributed by atoms with E-state index in [1.807, 2.05) is 0 Å². The second kappa shape index (κ2) is 22.0. The van der Waals surface area contributed by atoms with Crippen molar-refractivity contribution in [3.05, 3.63) is 0 Å². The third-order valence-corrected chi connectivity index (χ3v) is 5.21. The fourth-order valence-corrected chi connectivity index (χ4v) is 3.42. The van der Waals surface area contributed by atoms with Gasteiger partial charge >= 0.3 is 0 Å². The number of amides is 1. The lowest BCUT2D eigenvalue weighted by Gasteiger charge is -2.05. The Hall–Kier alpha value is -1.26. The predicted octanol–water partition coefficient (Wildman–Crippen LogP) is 5.42. The van der Waals surface area contributed by atoms with Gasteiger partial charge in [-0.05, 0) is 19.3 Å². The standard InChI is InChI=1S/C23H48N4O/c1-2-3-4-5-6-7-8-9-10-11-12-13-14-15-17-20-26-22(28)19-16-18-21-27-23(24)25/h2-21H2,1H3,(H,26,28)(H4,24,25,27). The van der Waals surface area contributed by atoms with Crippen LogP contribution in [0.15, 0.2) is 4.99 Å². The number of hydrogen-bond acceptors (Lipinski definition) is 2. The number of nitrogens with zero attached hydrogens (tertiary/aromatic N) is 1. The summed E-state index contributed by atoms with van der Waals surface area (Å²) in [5.74, 6) is 0.271. The largest absolute Gasteiger partial charge is 0.370 e. The highest BCUT2D eigenvalue weighted by Gasteiger charge is 2.00. The van der Waals surface area contributed by atoms with Crippen molar-refractivity contribution in [3.63, 3.8) is 0 Å². The number of hydrogen-bond donors (Lipinski definition) is 3. The quantitative estimate of drug-likeness (QED) is 0.137. The predicted molar refractivity (Wildman–Crippen MR) is 122 cm³/mol. The van der Waals surface area contributed by atoms with Gasteiger partial charge in [0.2, 0.25) is 5.91 Å². The minimum absolute atomic E-state index is 0.123. The average molecular weight is 397 g/mol. The molecule has 1 amide bonds. The molecule has 0 aliphatic carbocycles. The summed E-state index contributed by atoms with van der Waals surface area (Å²) in [6.07, 6.45) is 22.7. The first kappa shape index (κ1) is 26.7. The van der Waals surface area contributed by atoms with Gasteiger partial charge in [0.25, 0.3) is 0 Å². The molecule has 0 saturated carbocycles. The van der Waals surface area contributed by atoms with Gasteiger partial charge in [-0.1, -0.05) is 96.8 Å². The van der Waals surface area contributed by atoms with Crippen molar-refractivity contribution in [2.45, 2.75) is 122 Å². The second-order valence-corrected chi connectivity index (χ2v) is 8.06. The first-order chi connectivity index (χ1) is 13.7. The Morgan fingerprint density at radius 3 is 1.61 bits per heavy atom. The smallest absolute Gasteiger partial charge is 0.219 e. The lowest BCUT2D eigenvalue weighted by molar-refractivity contribution is -0.121. The summed E-state index contributed by atoms with van der Waals surface area (Å²) >= 11 is 0. The number of rotatable bonds is 21. The molecule has 0 aromatic carbocycles. The zero-order valence-electron chi connectivity index (χ0n) is 18.7. The summed E-state index contributed by atoms with van der Waals surface area (Å²) in [5, 5.41) is 3.00. The van der Waals surface area contributed by atoms with E-state index in [2.05, 4.69) is 17.2 Å². The zero-order chi connectivity index (χ0) is 20.7. The van der Waals surface area contributed by atoms with Crippen molar-refractivity contribution in [1.82, 2.24) is 5.32 Å². The molecule has 0 rings (SSSR count). The van der Waals surface area contributed by atoms with Gasteiger partial charge in [0.1, 0.15) is 0 Å². The maximum absolute atomic E-state index is 11.7. The molecule has 5 heteroatoms. The molecule has 0 saturated heterocycles. The Bertz CT molecular complexity index is 368. The normalized spacial score (nSPS) is 10.8. The topological polar surface area (TPSA) is 93.5 Å². The summed E-state index contributed by atoms with van der Waals surface area (Å²) in [4.78, 5) is 15.6. The van der Waals surface area contributed by atoms with Gasteiger partial charge in [0, 0.05) is 19.5 Å². The molecular formula is C23H48N4O. The Morgan fingerprint density at radius 2 is 1.14 bits per heavy atom. The van der Waals surface area contributed by atoms with Gasteiger partial charge in [-0.3, -0.25) is 9.79 Å². The van der Waals surface area contributed by atoms with Crippen LogP contribution in [0.2, 0.25) is 0 Å². The lowest BCUT2D eigenvalue weighted by Crippen LogP contribution is -2.24. The number of aliphatic imine (C=N–C) groups is 1. The molecule has 0 atom stereocenters. The van der Waals surface area contributed by atoms with Crippen molar-refractivity contribution in [1.29, 1.82) is 0 Å². The van der Waals surface area contributed by atoms with E-state index < -0.39 is 0 Å². The van der Waals surface area contributed by atoms with E-state index in [4.69, 9.17) is 11.5 Å². The van der Waals surface area contributed by atoms with Gasteiger partial charge in [-0.15, -0.1) is 0 Å². The Kier molecular flexibility index (Phi) is 21.0. The molecule has 0 unspecified atom stereocenters. The number of unbranched alkanes of at least 4 members (excludes halogenated alkanes) is 15. The number of guanidine groups is 1. The molecule has 166 valence electrons. The van der Waals surface area contributed by atoms with Crippen LogP contribution in [-0.4, -0.2) is 25.0 Å². The van der Waals surface area contributed by atoms with Crippen LogP contribution >= 0.6 is 0 Å². The van der Waals surface area contributed by atoms with Crippen LogP contribution in [0.4, 0.5) is 0 Å². The van der Waals surface area contributed by atoms with Crippen LogP contribution in [0.1, 0.15) is 122 Å². The third kappa shape index (κ3) is 22.8. The summed E-state index contributed by atoms with van der Waals surface area (Å²) in [6, 6.07) is 0. The lowest BCUT2D eigenvalue weighted by atomic mass is 10.0. The molecule has 0 aliphatic rings. The van der Waals surface area contributed by atoms with E-state index in [0.717, 1.165) is 25.8 Å². The first-order valence-corrected chi connectivity index (χ1v) is 12.0. The molecule has 0 aromatic rings. The highest BCUT2D eigenvalue weighted by Crippen LogP contribution is 2.13. The monoisotopic (exact) mass is 396 g/mol. The highest BCUT2D eigenvalue weighted by molar-refractivity contribution is 5.76. The molecule has 5 nitrogen and oxygen atoms in total. The van der Waals surface area contributed by atoms with Crippen LogP contribution < -0.4 is 16.8 Å². The molecule has 0 bridgehead atoms. The molecule has 0 spiro atoms. The third-order valence-electron chi connectivity index (χ3n) is 5.21. The number of nitrogens with two attached hydrogens (primary N) is 2. The van der Waals surface area contributed by atoms with E-state index in [9.17, 15) is 4.79 Å². The minimum Gasteiger partial charge on any atom is -0.370 e. The molecule has 0 fully saturated rings. The van der Waals surface area contributed by atoms with Crippen molar-refractivity contribution < 1.29 is 4.79 Å². The van der Waals surface area contributed by atoms with Crippen LogP contribution in [0, 0.1) is 0 Å². The Balaban J connectivity index is 3.15. The van der Waals surface area contributed by atoms with Crippen LogP contribution in [0.25, 0.3) is 0 Å². The summed E-state index contributed by atoms with van der Waals surface area (Å²) < 4.78 is 0. The number of carbonyl (C=O) groups is 1. The molecule has 0 aliphatic heterocycles. The fourth-order valence-electron chi connectivity index (χ4n) is 3.42. The van der Waals surface area contributed by atoms with Gasteiger partial charge in [-0.2, -0.15) is 0 Å². The first-order valence-electron chi connectivity index (χ1n) is 12.0. The SMILES string of the molecule is CCCCCCCCCCCCCCCCCNC(=O)CCCCN=C(N)N. The van der Waals surface area contributed by atoms with Crippen LogP contribution in [0.3, 0.4) is 0 Å². The van der Waals surface area contributed by atoms with Gasteiger partial charge in [-0.25, -0.2) is 0 Å². The highest BCUT2D eigenvalue weighted by atomic mass is 16.1. The average Bonchev–Trinajstić information content (AvgIpc) is 2.67. The molecule has 0 radical (unpaired) electrons. The molecule has 0 heterocycles. The van der Waals surface area contributed by atoms with E-state index in [0.29, 0.717) is 13.0 Å². The maximum atomic E-state index is 11.7. The van der Waals surface area contributed by atoms with E-state index in [1.165, 1.54) is 89.9 Å². The minimum atomic E-state index is 0.123. The Morgan fingerprint density at radius 1 is 0.679 bits per heavy atom. The fraction of sp³-hybridized carbons (Fsp3) is 0.913. The van der Waals surface area contributed by atoms with Gasteiger partial charge < -0.3 is 16.8 Å². The van der Waals surface area contributed by atoms with Gasteiger partial charge in [0.15, 0.2) is 5.96 Å².